The van der Waals surface area contributed by atoms with Crippen LogP contribution in [-0.2, 0) is 11.8 Å². The number of aryl methyl sites for hydroxylation is 1. The Balaban J connectivity index is 2.70. The van der Waals surface area contributed by atoms with Crippen LogP contribution in [0.3, 0.4) is 0 Å². The van der Waals surface area contributed by atoms with Gasteiger partial charge in [0, 0.05) is 13.2 Å². The van der Waals surface area contributed by atoms with Crippen molar-refractivity contribution in [2.75, 3.05) is 6.61 Å². The molecule has 0 aliphatic carbocycles. The highest BCUT2D eigenvalue weighted by molar-refractivity contribution is 5.89. The van der Waals surface area contributed by atoms with Gasteiger partial charge < -0.3 is 9.30 Å². The summed E-state index contributed by atoms with van der Waals surface area (Å²) >= 11 is 0. The third kappa shape index (κ3) is 1.89. The first-order chi connectivity index (χ1) is 8.15. The molecule has 0 fully saturated rings. The number of esters is 1. The number of fused-ring (bicyclic) bond motifs is 1. The van der Waals surface area contributed by atoms with E-state index in [4.69, 9.17) is 4.74 Å². The number of rotatable bonds is 2. The van der Waals surface area contributed by atoms with Crippen LogP contribution in [0.1, 0.15) is 17.4 Å². The molecule has 0 spiro atoms. The summed E-state index contributed by atoms with van der Waals surface area (Å²) in [5, 5.41) is 0. The molecule has 0 unspecified atom stereocenters. The summed E-state index contributed by atoms with van der Waals surface area (Å²) in [5.74, 6) is -0.709. The largest absolute Gasteiger partial charge is 0.461 e. The van der Waals surface area contributed by atoms with Crippen molar-refractivity contribution in [2.24, 2.45) is 7.05 Å². The number of aromatic nitrogens is 3. The molecule has 0 bridgehead atoms. The Morgan fingerprint density at radius 2 is 2.29 bits per heavy atom. The highest BCUT2D eigenvalue weighted by Gasteiger charge is 2.16. The molecule has 17 heavy (non-hydrogen) atoms. The summed E-state index contributed by atoms with van der Waals surface area (Å²) in [6, 6.07) is 1.67. The minimum absolute atomic E-state index is 0.203. The van der Waals surface area contributed by atoms with Gasteiger partial charge in [-0.25, -0.2) is 9.78 Å². The Morgan fingerprint density at radius 3 is 3.00 bits per heavy atom. The van der Waals surface area contributed by atoms with Crippen LogP contribution in [0.25, 0.3) is 11.0 Å². The smallest absolute Gasteiger partial charge is 0.362 e. The molecule has 0 amide bonds. The van der Waals surface area contributed by atoms with Crippen molar-refractivity contribution in [3.63, 3.8) is 0 Å². The molecule has 6 nitrogen and oxygen atoms in total. The van der Waals surface area contributed by atoms with Crippen molar-refractivity contribution in [1.29, 1.82) is 0 Å². The first-order valence-corrected chi connectivity index (χ1v) is 5.13. The van der Waals surface area contributed by atoms with E-state index in [9.17, 15) is 9.59 Å². The van der Waals surface area contributed by atoms with E-state index in [1.54, 1.807) is 26.2 Å². The number of carbonyl (C=O) groups excluding carboxylic acids is 1. The number of hydrogen-bond acceptors (Lipinski definition) is 5. The van der Waals surface area contributed by atoms with E-state index < -0.39 is 11.5 Å². The molecule has 6 heteroatoms. The maximum absolute atomic E-state index is 11.9. The van der Waals surface area contributed by atoms with E-state index in [-0.39, 0.29) is 12.3 Å². The lowest BCUT2D eigenvalue weighted by atomic mass is 10.3. The fourth-order valence-electron chi connectivity index (χ4n) is 1.52. The predicted octanol–water partition coefficient (Wildman–Crippen LogP) is 0.505. The van der Waals surface area contributed by atoms with Gasteiger partial charge in [-0.1, -0.05) is 0 Å². The average Bonchev–Trinajstić information content (AvgIpc) is 2.34. The third-order valence-electron chi connectivity index (χ3n) is 2.35. The van der Waals surface area contributed by atoms with E-state index >= 15 is 0 Å². The number of ether oxygens (including phenoxy) is 1. The first-order valence-electron chi connectivity index (χ1n) is 5.13. The Hall–Kier alpha value is -2.24. The lowest BCUT2D eigenvalue weighted by molar-refractivity contribution is 0.0517. The third-order valence-corrected chi connectivity index (χ3v) is 2.35. The number of carbonyl (C=O) groups is 1. The van der Waals surface area contributed by atoms with E-state index in [1.165, 1.54) is 10.8 Å². The Labute approximate surface area is 96.9 Å². The molecule has 0 saturated carbocycles. The summed E-state index contributed by atoms with van der Waals surface area (Å²) < 4.78 is 6.13. The predicted molar refractivity (Wildman–Crippen MR) is 60.7 cm³/mol. The maximum atomic E-state index is 11.9. The highest BCUT2D eigenvalue weighted by atomic mass is 16.5. The van der Waals surface area contributed by atoms with Crippen molar-refractivity contribution < 1.29 is 9.53 Å². The second-order valence-electron chi connectivity index (χ2n) is 3.41. The molecule has 88 valence electrons. The Bertz CT molecular complexity index is 633. The summed E-state index contributed by atoms with van der Waals surface area (Å²) in [7, 11) is 1.58. The van der Waals surface area contributed by atoms with Crippen LogP contribution in [0.15, 0.2) is 23.3 Å². The van der Waals surface area contributed by atoms with Gasteiger partial charge in [-0.05, 0) is 13.0 Å². The number of nitrogens with zero attached hydrogens (tertiary/aromatic N) is 3. The lowest BCUT2D eigenvalue weighted by Crippen LogP contribution is -2.27. The summed E-state index contributed by atoms with van der Waals surface area (Å²) in [4.78, 5) is 31.3. The van der Waals surface area contributed by atoms with Gasteiger partial charge in [0.25, 0.3) is 5.56 Å². The number of pyridine rings is 1. The average molecular weight is 233 g/mol. The van der Waals surface area contributed by atoms with Crippen molar-refractivity contribution in [2.45, 2.75) is 6.92 Å². The van der Waals surface area contributed by atoms with Crippen molar-refractivity contribution in [3.8, 4) is 0 Å². The molecule has 2 aromatic heterocycles. The SMILES string of the molecule is CCOC(=O)c1nc2cnccc2n(C)c1=O. The zero-order valence-corrected chi connectivity index (χ0v) is 9.51. The van der Waals surface area contributed by atoms with Crippen molar-refractivity contribution >= 4 is 17.0 Å². The molecular formula is C11H11N3O3. The molecule has 0 radical (unpaired) electrons. The zero-order chi connectivity index (χ0) is 12.4. The van der Waals surface area contributed by atoms with Gasteiger partial charge >= 0.3 is 5.97 Å². The molecule has 0 saturated heterocycles. The lowest BCUT2D eigenvalue weighted by Gasteiger charge is -2.06. The summed E-state index contributed by atoms with van der Waals surface area (Å²) in [6.07, 6.45) is 3.06. The van der Waals surface area contributed by atoms with Gasteiger partial charge in [0.2, 0.25) is 5.69 Å². The molecule has 2 heterocycles. The topological polar surface area (TPSA) is 74.1 Å². The molecule has 0 atom stereocenters. The van der Waals surface area contributed by atoms with Gasteiger partial charge in [-0.3, -0.25) is 9.78 Å². The van der Waals surface area contributed by atoms with Crippen LogP contribution >= 0.6 is 0 Å². The van der Waals surface area contributed by atoms with E-state index in [0.29, 0.717) is 11.0 Å². The number of hydrogen-bond donors (Lipinski definition) is 0. The van der Waals surface area contributed by atoms with E-state index in [0.717, 1.165) is 0 Å². The first kappa shape index (κ1) is 11.3. The van der Waals surface area contributed by atoms with Gasteiger partial charge in [0.1, 0.15) is 5.52 Å². The van der Waals surface area contributed by atoms with Crippen LogP contribution in [0.2, 0.25) is 0 Å². The van der Waals surface area contributed by atoms with Crippen molar-refractivity contribution in [1.82, 2.24) is 14.5 Å². The van der Waals surface area contributed by atoms with Crippen LogP contribution in [0.5, 0.6) is 0 Å². The van der Waals surface area contributed by atoms with Crippen LogP contribution in [0.4, 0.5) is 0 Å². The quantitative estimate of drug-likeness (QED) is 0.706. The van der Waals surface area contributed by atoms with Crippen molar-refractivity contribution in [3.05, 3.63) is 34.5 Å². The van der Waals surface area contributed by atoms with Crippen LogP contribution in [0, 0.1) is 0 Å². The second-order valence-corrected chi connectivity index (χ2v) is 3.41. The van der Waals surface area contributed by atoms with Crippen LogP contribution in [-0.4, -0.2) is 27.1 Å². The van der Waals surface area contributed by atoms with Gasteiger partial charge in [-0.2, -0.15) is 0 Å². The van der Waals surface area contributed by atoms with Crippen LogP contribution < -0.4 is 5.56 Å². The molecule has 2 rings (SSSR count). The van der Waals surface area contributed by atoms with Gasteiger partial charge in [0.15, 0.2) is 0 Å². The monoisotopic (exact) mass is 233 g/mol. The minimum Gasteiger partial charge on any atom is -0.461 e. The van der Waals surface area contributed by atoms with E-state index in [1.807, 2.05) is 0 Å². The summed E-state index contributed by atoms with van der Waals surface area (Å²) in [5.41, 5.74) is 0.424. The van der Waals surface area contributed by atoms with E-state index in [2.05, 4.69) is 9.97 Å². The molecule has 0 aromatic carbocycles. The van der Waals surface area contributed by atoms with Gasteiger partial charge in [0.05, 0.1) is 18.3 Å². The summed E-state index contributed by atoms with van der Waals surface area (Å²) in [6.45, 7) is 1.87. The minimum atomic E-state index is -0.709. The molecule has 2 aromatic rings. The fourth-order valence-corrected chi connectivity index (χ4v) is 1.52. The normalized spacial score (nSPS) is 10.5. The fraction of sp³-hybridized carbons (Fsp3) is 0.273. The Kier molecular flexibility index (Phi) is 2.86. The second kappa shape index (κ2) is 4.32. The molecule has 0 N–H and O–H groups in total. The molecular weight excluding hydrogens is 222 g/mol. The Morgan fingerprint density at radius 1 is 1.53 bits per heavy atom. The molecule has 0 aliphatic rings. The molecule has 0 aliphatic heterocycles. The standard InChI is InChI=1S/C11H11N3O3/c1-3-17-11(16)9-10(15)14(2)8-4-5-12-6-7(8)13-9/h4-6H,3H2,1-2H3. The maximum Gasteiger partial charge on any atom is 0.362 e. The zero-order valence-electron chi connectivity index (χ0n) is 9.51. The highest BCUT2D eigenvalue weighted by Crippen LogP contribution is 2.07. The van der Waals surface area contributed by atoms with Gasteiger partial charge in [-0.15, -0.1) is 0 Å².